The summed E-state index contributed by atoms with van der Waals surface area (Å²) in [4.78, 5) is -0.873. The molecule has 4 aromatic rings. The average molecular weight is 602 g/mol. The van der Waals surface area contributed by atoms with E-state index in [2.05, 4.69) is 133 Å². The fourth-order valence-corrected chi connectivity index (χ4v) is 32.1. The van der Waals surface area contributed by atoms with Gasteiger partial charge in [-0.3, -0.25) is 0 Å². The summed E-state index contributed by atoms with van der Waals surface area (Å²) in [6.07, 6.45) is 2.63. The second kappa shape index (κ2) is 12.1. The van der Waals surface area contributed by atoms with Crippen LogP contribution in [0.5, 0.6) is 0 Å². The van der Waals surface area contributed by atoms with Crippen LogP contribution in [0, 0.1) is 0 Å². The van der Waals surface area contributed by atoms with Crippen LogP contribution in [-0.4, -0.2) is 23.9 Å². The largest absolute Gasteiger partial charge is 1.00 e. The van der Waals surface area contributed by atoms with Crippen LogP contribution in [-0.2, 0) is 22.1 Å². The number of rotatable bonds is 6. The van der Waals surface area contributed by atoms with Gasteiger partial charge in [-0.15, -0.1) is 0 Å². The van der Waals surface area contributed by atoms with Crippen molar-refractivity contribution in [3.8, 4) is 0 Å². The molecule has 4 aromatic carbocycles. The molecular formula is C32H29ClP2Zr. The third-order valence-electron chi connectivity index (χ3n) is 6.76. The van der Waals surface area contributed by atoms with Crippen LogP contribution in [0.1, 0.15) is 23.7 Å². The van der Waals surface area contributed by atoms with E-state index in [-0.39, 0.29) is 13.8 Å². The van der Waals surface area contributed by atoms with Gasteiger partial charge in [0.25, 0.3) is 0 Å². The van der Waals surface area contributed by atoms with E-state index in [1.807, 2.05) is 0 Å². The number of hydrogen-bond acceptors (Lipinski definition) is 0. The second-order valence-electron chi connectivity index (χ2n) is 9.07. The summed E-state index contributed by atoms with van der Waals surface area (Å²) < 4.78 is 0. The first-order valence-corrected chi connectivity index (χ1v) is 23.2. The zero-order chi connectivity index (χ0) is 23.5. The third-order valence-corrected chi connectivity index (χ3v) is 31.0. The maximum Gasteiger partial charge on any atom is -1.00 e. The van der Waals surface area contributed by atoms with E-state index in [9.17, 15) is 0 Å². The van der Waals surface area contributed by atoms with Crippen LogP contribution in [0.4, 0.5) is 0 Å². The van der Waals surface area contributed by atoms with Crippen LogP contribution < -0.4 is 12.4 Å². The molecule has 0 bridgehead atoms. The quantitative estimate of drug-likeness (QED) is 0.263. The third kappa shape index (κ3) is 5.67. The number of halogens is 1. The summed E-state index contributed by atoms with van der Waals surface area (Å²) in [5, 5.41) is 0. The first kappa shape index (κ1) is 25.8. The Morgan fingerprint density at radius 3 is 1.08 bits per heavy atom. The molecule has 178 valence electrons. The molecule has 2 atom stereocenters. The molecule has 0 nitrogen and oxygen atoms in total. The van der Waals surface area contributed by atoms with E-state index in [0.29, 0.717) is 0 Å². The predicted octanol–water partition coefficient (Wildman–Crippen LogP) is 5.30. The number of benzene rings is 4. The van der Waals surface area contributed by atoms with Gasteiger partial charge in [0.05, 0.1) is 0 Å². The zero-order valence-electron chi connectivity index (χ0n) is 21.0. The summed E-state index contributed by atoms with van der Waals surface area (Å²) in [5.41, 5.74) is 11.8. The molecule has 2 aliphatic heterocycles. The maximum atomic E-state index is 2.75. The topological polar surface area (TPSA) is 0 Å². The molecule has 36 heavy (non-hydrogen) atoms. The molecule has 0 N–H and O–H groups in total. The molecule has 0 spiro atoms. The molecule has 0 fully saturated rings. The molecule has 0 saturated carbocycles. The Hall–Kier alpha value is -1.87. The summed E-state index contributed by atoms with van der Waals surface area (Å²) in [6, 6.07) is 44.4. The van der Waals surface area contributed by atoms with Crippen LogP contribution in [0.2, 0.25) is 0 Å². The first-order valence-electron chi connectivity index (χ1n) is 12.2. The van der Waals surface area contributed by atoms with Crippen molar-refractivity contribution in [2.75, 3.05) is 12.3 Å². The summed E-state index contributed by atoms with van der Waals surface area (Å²) in [5.74, 6) is 5.51. The van der Waals surface area contributed by atoms with Crippen molar-refractivity contribution in [2.24, 2.45) is 0 Å². The van der Waals surface area contributed by atoms with E-state index in [0.717, 1.165) is 0 Å². The van der Waals surface area contributed by atoms with Crippen molar-refractivity contribution in [3.63, 3.8) is 0 Å². The van der Waals surface area contributed by atoms with Gasteiger partial charge < -0.3 is 13.8 Å². The van der Waals surface area contributed by atoms with Gasteiger partial charge in [0, 0.05) is 0 Å². The van der Waals surface area contributed by atoms with Gasteiger partial charge >= 0.3 is 222 Å². The average Bonchev–Trinajstić information content (AvgIpc) is 3.56. The van der Waals surface area contributed by atoms with Crippen LogP contribution >= 0.6 is 9.68 Å². The van der Waals surface area contributed by atoms with Crippen molar-refractivity contribution >= 4 is 43.6 Å². The molecular weight excluding hydrogens is 573 g/mol. The summed E-state index contributed by atoms with van der Waals surface area (Å²) in [7, 11) is 0. The van der Waals surface area contributed by atoms with Crippen LogP contribution in [0.15, 0.2) is 121 Å². The van der Waals surface area contributed by atoms with Crippen LogP contribution in [0.3, 0.4) is 0 Å². The van der Waals surface area contributed by atoms with Crippen molar-refractivity contribution in [2.45, 2.75) is 0 Å². The molecule has 6 rings (SSSR count). The molecule has 2 unspecified atom stereocenters. The Bertz CT molecular complexity index is 1360. The normalized spacial score (nSPS) is 18.8. The van der Waals surface area contributed by atoms with E-state index in [1.165, 1.54) is 45.7 Å². The van der Waals surface area contributed by atoms with Gasteiger partial charge in [0.2, 0.25) is 0 Å². The molecule has 4 heteroatoms. The minimum Gasteiger partial charge on any atom is -1.00 e. The van der Waals surface area contributed by atoms with Crippen LogP contribution in [0.25, 0.3) is 22.3 Å². The van der Waals surface area contributed by atoms with Gasteiger partial charge in [-0.05, 0) is 0 Å². The zero-order valence-corrected chi connectivity index (χ0v) is 25.2. The molecule has 0 aromatic heterocycles. The van der Waals surface area contributed by atoms with Gasteiger partial charge in [0.15, 0.2) is 0 Å². The van der Waals surface area contributed by atoms with E-state index in [4.69, 9.17) is 0 Å². The standard InChI is InChI=1S/2C16H13P.ClH.Zr.H/c2*1-3-7-13(8-4-1)15-11-17-12-16(15)14-9-5-2-6-10-14;;;/h2*1-11H,12H2;1H;;/q;;;;-1/p+1. The Kier molecular flexibility index (Phi) is 8.67. The molecule has 2 aliphatic rings. The predicted molar refractivity (Wildman–Crippen MR) is 159 cm³/mol. The fourth-order valence-electron chi connectivity index (χ4n) is 5.11. The monoisotopic (exact) mass is 600 g/mol. The van der Waals surface area contributed by atoms with E-state index in [1.54, 1.807) is 11.1 Å². The van der Waals surface area contributed by atoms with Gasteiger partial charge in [-0.1, -0.05) is 0 Å². The Balaban J connectivity index is 0.00000160. The Morgan fingerprint density at radius 2 is 0.750 bits per heavy atom. The molecule has 0 amide bonds. The maximum absolute atomic E-state index is 2.75. The molecule has 0 saturated heterocycles. The molecule has 2 heterocycles. The van der Waals surface area contributed by atoms with E-state index < -0.39 is 31.7 Å². The number of allylic oxidation sites excluding steroid dienone is 4. The second-order valence-corrected chi connectivity index (χ2v) is 28.5. The smallest absolute Gasteiger partial charge is 1.00 e. The van der Waals surface area contributed by atoms with Crippen molar-refractivity contribution in [3.05, 3.63) is 144 Å². The minimum absolute atomic E-state index is 0. The van der Waals surface area contributed by atoms with E-state index >= 15 is 0 Å². The van der Waals surface area contributed by atoms with Gasteiger partial charge in [-0.2, -0.15) is 0 Å². The van der Waals surface area contributed by atoms with Crippen molar-refractivity contribution in [1.82, 2.24) is 0 Å². The summed E-state index contributed by atoms with van der Waals surface area (Å²) in [6.45, 7) is 0. The molecule has 0 radical (unpaired) electrons. The Morgan fingerprint density at radius 1 is 0.444 bits per heavy atom. The Labute approximate surface area is 234 Å². The SMILES string of the molecule is C1=[PH]([Zr+2][PH]2=CC(c3ccccc3)=C(c3ccccc3)C2)CC(c2ccccc2)=C1c1ccccc1.[Cl-].[H-]. The fraction of sp³-hybridized carbons (Fsp3) is 0.0625. The van der Waals surface area contributed by atoms with Crippen molar-refractivity contribution in [1.29, 1.82) is 0 Å². The summed E-state index contributed by atoms with van der Waals surface area (Å²) >= 11 is -0.522. The number of hydrogen-bond donors (Lipinski definition) is 0. The van der Waals surface area contributed by atoms with Gasteiger partial charge in [0.1, 0.15) is 0 Å². The molecule has 0 aliphatic carbocycles. The van der Waals surface area contributed by atoms with Crippen molar-refractivity contribution < 1.29 is 35.9 Å². The van der Waals surface area contributed by atoms with Gasteiger partial charge in [-0.25, -0.2) is 0 Å². The minimum atomic E-state index is -0.522. The first-order chi connectivity index (χ1) is 17.3.